The number of hydrogen-bond donors (Lipinski definition) is 2. The van der Waals surface area contributed by atoms with Gasteiger partial charge in [0.25, 0.3) is 5.91 Å². The number of carbonyl (C=O) groups is 1. The van der Waals surface area contributed by atoms with Gasteiger partial charge in [0, 0.05) is 16.1 Å². The quantitative estimate of drug-likeness (QED) is 0.407. The van der Waals surface area contributed by atoms with Crippen LogP contribution in [0, 0.1) is 19.7 Å². The summed E-state index contributed by atoms with van der Waals surface area (Å²) in [4.78, 5) is 17.8. The topological polar surface area (TPSA) is 49.9 Å². The number of benzene rings is 2. The molecular formula is C28H29FN3O2S+. The number of carbonyl (C=O) groups excluding carboxylic acids is 1. The highest BCUT2D eigenvalue weighted by Gasteiger charge is 2.35. The van der Waals surface area contributed by atoms with Crippen molar-refractivity contribution in [3.63, 3.8) is 0 Å². The summed E-state index contributed by atoms with van der Waals surface area (Å²) in [5.41, 5.74) is 4.54. The van der Waals surface area contributed by atoms with E-state index in [4.69, 9.17) is 4.42 Å². The Morgan fingerprint density at radius 3 is 2.40 bits per heavy atom. The smallest absolute Gasteiger partial charge is 0.291 e. The molecule has 180 valence electrons. The fourth-order valence-corrected chi connectivity index (χ4v) is 5.99. The van der Waals surface area contributed by atoms with Crippen molar-refractivity contribution in [2.75, 3.05) is 36.4 Å². The standard InChI is InChI=1S/C28H28FN3O2S/c1-19-20(2)35-28(30-27(33)24-9-6-18-34-24)25(19)26(21-10-12-22(29)13-11-21)32-16-14-31(15-17-32)23-7-4-3-5-8-23/h3-13,18,26H,14-17H2,1-2H3,(H,30,33)/p+1. The van der Waals surface area contributed by atoms with Gasteiger partial charge in [-0.2, -0.15) is 0 Å². The van der Waals surface area contributed by atoms with Crippen LogP contribution in [0.5, 0.6) is 0 Å². The average Bonchev–Trinajstić information content (AvgIpc) is 3.51. The van der Waals surface area contributed by atoms with Crippen molar-refractivity contribution in [3.05, 3.63) is 106 Å². The fourth-order valence-electron chi connectivity index (χ4n) is 4.90. The van der Waals surface area contributed by atoms with Gasteiger partial charge in [-0.05, 0) is 67.9 Å². The van der Waals surface area contributed by atoms with Gasteiger partial charge < -0.3 is 19.5 Å². The Labute approximate surface area is 208 Å². The Bertz CT molecular complexity index is 1280. The molecule has 5 nitrogen and oxygen atoms in total. The highest BCUT2D eigenvalue weighted by molar-refractivity contribution is 7.16. The molecule has 0 radical (unpaired) electrons. The van der Waals surface area contributed by atoms with Gasteiger partial charge in [0.15, 0.2) is 5.76 Å². The Hall–Kier alpha value is -3.42. The molecule has 1 saturated heterocycles. The third-order valence-corrected chi connectivity index (χ3v) is 7.97. The van der Waals surface area contributed by atoms with Crippen LogP contribution in [0.15, 0.2) is 77.4 Å². The lowest BCUT2D eigenvalue weighted by molar-refractivity contribution is -0.926. The molecule has 1 unspecified atom stereocenters. The summed E-state index contributed by atoms with van der Waals surface area (Å²) in [5, 5.41) is 3.93. The lowest BCUT2D eigenvalue weighted by Crippen LogP contribution is -3.15. The molecule has 0 saturated carbocycles. The van der Waals surface area contributed by atoms with Gasteiger partial charge in [-0.3, -0.25) is 4.79 Å². The fraction of sp³-hybridized carbons (Fsp3) is 0.250. The first-order chi connectivity index (χ1) is 17.0. The number of para-hydroxylation sites is 1. The molecule has 1 aliphatic rings. The highest BCUT2D eigenvalue weighted by Crippen LogP contribution is 2.38. The zero-order valence-corrected chi connectivity index (χ0v) is 20.7. The summed E-state index contributed by atoms with van der Waals surface area (Å²) >= 11 is 1.58. The van der Waals surface area contributed by atoms with Crippen LogP contribution in [0.4, 0.5) is 15.1 Å². The number of nitrogens with one attached hydrogen (secondary N) is 2. The normalized spacial score (nSPS) is 15.2. The van der Waals surface area contributed by atoms with Gasteiger partial charge in [-0.25, -0.2) is 4.39 Å². The summed E-state index contributed by atoms with van der Waals surface area (Å²) in [6.45, 7) is 7.89. The highest BCUT2D eigenvalue weighted by atomic mass is 32.1. The molecule has 0 aliphatic carbocycles. The van der Waals surface area contributed by atoms with E-state index >= 15 is 0 Å². The van der Waals surface area contributed by atoms with Crippen LogP contribution in [-0.4, -0.2) is 32.1 Å². The number of aryl methyl sites for hydroxylation is 1. The van der Waals surface area contributed by atoms with Crippen molar-refractivity contribution in [2.45, 2.75) is 19.9 Å². The SMILES string of the molecule is Cc1sc(NC(=O)c2ccco2)c(C(c2ccc(F)cc2)[NH+]2CCN(c3ccccc3)CC2)c1C. The first kappa shape index (κ1) is 23.3. The number of rotatable bonds is 6. The van der Waals surface area contributed by atoms with Crippen LogP contribution in [0.25, 0.3) is 0 Å². The van der Waals surface area contributed by atoms with Crippen LogP contribution in [0.1, 0.15) is 38.2 Å². The number of furan rings is 1. The molecule has 7 heteroatoms. The van der Waals surface area contributed by atoms with E-state index in [0.29, 0.717) is 0 Å². The van der Waals surface area contributed by atoms with E-state index in [1.807, 2.05) is 18.2 Å². The van der Waals surface area contributed by atoms with E-state index < -0.39 is 0 Å². The van der Waals surface area contributed by atoms with Gasteiger partial charge in [0.1, 0.15) is 16.9 Å². The number of halogens is 1. The van der Waals surface area contributed by atoms with E-state index in [9.17, 15) is 9.18 Å². The van der Waals surface area contributed by atoms with E-state index in [1.54, 1.807) is 23.5 Å². The van der Waals surface area contributed by atoms with Crippen molar-refractivity contribution >= 4 is 27.9 Å². The molecule has 2 N–H and O–H groups in total. The maximum Gasteiger partial charge on any atom is 0.291 e. The minimum Gasteiger partial charge on any atom is -0.459 e. The minimum absolute atomic E-state index is 0.0228. The summed E-state index contributed by atoms with van der Waals surface area (Å²) in [6.07, 6.45) is 1.50. The van der Waals surface area contributed by atoms with Crippen LogP contribution < -0.4 is 15.1 Å². The monoisotopic (exact) mass is 490 g/mol. The molecule has 35 heavy (non-hydrogen) atoms. The van der Waals surface area contributed by atoms with Gasteiger partial charge in [0.05, 0.1) is 38.0 Å². The van der Waals surface area contributed by atoms with Gasteiger partial charge in [-0.15, -0.1) is 11.3 Å². The molecule has 1 amide bonds. The second kappa shape index (κ2) is 10.1. The summed E-state index contributed by atoms with van der Waals surface area (Å²) < 4.78 is 19.2. The van der Waals surface area contributed by atoms with Gasteiger partial charge in [-0.1, -0.05) is 18.2 Å². The molecule has 1 atom stereocenters. The predicted molar refractivity (Wildman–Crippen MR) is 138 cm³/mol. The van der Waals surface area contributed by atoms with Crippen LogP contribution in [0.3, 0.4) is 0 Å². The van der Waals surface area contributed by atoms with Crippen molar-refractivity contribution < 1.29 is 18.5 Å². The first-order valence-electron chi connectivity index (χ1n) is 11.9. The van der Waals surface area contributed by atoms with E-state index in [2.05, 4.69) is 48.3 Å². The van der Waals surface area contributed by atoms with Crippen LogP contribution >= 0.6 is 11.3 Å². The molecule has 0 spiro atoms. The number of nitrogens with zero attached hydrogens (tertiary/aromatic N) is 1. The molecule has 3 heterocycles. The van der Waals surface area contributed by atoms with Gasteiger partial charge in [0.2, 0.25) is 0 Å². The predicted octanol–water partition coefficient (Wildman–Crippen LogP) is 4.84. The Balaban J connectivity index is 1.49. The second-order valence-electron chi connectivity index (χ2n) is 8.92. The number of thiophene rings is 1. The van der Waals surface area contributed by atoms with Crippen molar-refractivity contribution in [3.8, 4) is 0 Å². The Morgan fingerprint density at radius 1 is 1.03 bits per heavy atom. The number of piperazine rings is 1. The average molecular weight is 491 g/mol. The molecule has 2 aromatic heterocycles. The molecular weight excluding hydrogens is 461 g/mol. The maximum absolute atomic E-state index is 13.8. The third kappa shape index (κ3) is 4.88. The Kier molecular flexibility index (Phi) is 6.70. The minimum atomic E-state index is -0.265. The number of quaternary nitrogens is 1. The summed E-state index contributed by atoms with van der Waals surface area (Å²) in [5.74, 6) is -0.234. The third-order valence-electron chi connectivity index (χ3n) is 6.83. The maximum atomic E-state index is 13.8. The Morgan fingerprint density at radius 2 is 1.74 bits per heavy atom. The van der Waals surface area contributed by atoms with E-state index in [1.165, 1.54) is 29.0 Å². The lowest BCUT2D eigenvalue weighted by Gasteiger charge is -2.38. The van der Waals surface area contributed by atoms with Crippen molar-refractivity contribution in [1.82, 2.24) is 0 Å². The summed E-state index contributed by atoms with van der Waals surface area (Å²) in [6, 6.07) is 20.6. The molecule has 1 fully saturated rings. The molecule has 0 bridgehead atoms. The number of anilines is 2. The van der Waals surface area contributed by atoms with Crippen molar-refractivity contribution in [2.24, 2.45) is 0 Å². The van der Waals surface area contributed by atoms with E-state index in [-0.39, 0.29) is 23.5 Å². The summed E-state index contributed by atoms with van der Waals surface area (Å²) in [7, 11) is 0. The molecule has 1 aliphatic heterocycles. The largest absolute Gasteiger partial charge is 0.459 e. The van der Waals surface area contributed by atoms with Crippen molar-refractivity contribution in [1.29, 1.82) is 0 Å². The molecule has 5 rings (SSSR count). The number of amides is 1. The van der Waals surface area contributed by atoms with E-state index in [0.717, 1.165) is 52.7 Å². The first-order valence-corrected chi connectivity index (χ1v) is 12.7. The second-order valence-corrected chi connectivity index (χ2v) is 10.1. The van der Waals surface area contributed by atoms with Crippen LogP contribution in [-0.2, 0) is 0 Å². The number of hydrogen-bond acceptors (Lipinski definition) is 4. The lowest BCUT2D eigenvalue weighted by atomic mass is 9.94. The molecule has 4 aromatic rings. The zero-order valence-electron chi connectivity index (χ0n) is 19.9. The zero-order chi connectivity index (χ0) is 24.4. The van der Waals surface area contributed by atoms with Gasteiger partial charge >= 0.3 is 0 Å². The molecule has 2 aromatic carbocycles. The van der Waals surface area contributed by atoms with Crippen LogP contribution in [0.2, 0.25) is 0 Å².